The SMILES string of the molecule is CC1CN(c2ccc(CNC(=O)c3ccc(S(=O)(=O)NC(C)(C)C)o3)cn2)CC(C)O1. The van der Waals surface area contributed by atoms with Crippen LogP contribution in [0.2, 0.25) is 0 Å². The van der Waals surface area contributed by atoms with Crippen LogP contribution in [-0.4, -0.2) is 50.1 Å². The largest absolute Gasteiger partial charge is 0.438 e. The number of amides is 1. The van der Waals surface area contributed by atoms with E-state index in [1.807, 2.05) is 26.0 Å². The Kier molecular flexibility index (Phi) is 6.73. The van der Waals surface area contributed by atoms with Crippen LogP contribution in [0.25, 0.3) is 0 Å². The minimum Gasteiger partial charge on any atom is -0.438 e. The molecule has 0 aromatic carbocycles. The van der Waals surface area contributed by atoms with E-state index in [1.165, 1.54) is 12.1 Å². The third-order valence-corrected chi connectivity index (χ3v) is 6.15. The minimum atomic E-state index is -3.84. The van der Waals surface area contributed by atoms with Gasteiger partial charge in [-0.05, 0) is 58.4 Å². The Morgan fingerprint density at radius 3 is 2.42 bits per heavy atom. The number of morpholine rings is 1. The van der Waals surface area contributed by atoms with Crippen molar-refractivity contribution in [1.29, 1.82) is 0 Å². The Bertz CT molecular complexity index is 1000. The highest BCUT2D eigenvalue weighted by Crippen LogP contribution is 2.19. The summed E-state index contributed by atoms with van der Waals surface area (Å²) in [4.78, 5) is 19.0. The van der Waals surface area contributed by atoms with Gasteiger partial charge in [-0.25, -0.2) is 18.1 Å². The zero-order chi connectivity index (χ0) is 22.8. The first-order valence-corrected chi connectivity index (χ1v) is 11.7. The van der Waals surface area contributed by atoms with E-state index in [2.05, 4.69) is 19.9 Å². The quantitative estimate of drug-likeness (QED) is 0.694. The fourth-order valence-corrected chi connectivity index (χ4v) is 4.74. The number of nitrogens with zero attached hydrogens (tertiary/aromatic N) is 2. The lowest BCUT2D eigenvalue weighted by atomic mass is 10.1. The van der Waals surface area contributed by atoms with Crippen LogP contribution in [0.1, 0.15) is 50.7 Å². The van der Waals surface area contributed by atoms with Crippen molar-refractivity contribution in [3.63, 3.8) is 0 Å². The number of pyridine rings is 1. The fourth-order valence-electron chi connectivity index (χ4n) is 3.38. The van der Waals surface area contributed by atoms with Gasteiger partial charge in [-0.3, -0.25) is 4.79 Å². The van der Waals surface area contributed by atoms with Gasteiger partial charge in [-0.2, -0.15) is 0 Å². The molecule has 1 saturated heterocycles. The van der Waals surface area contributed by atoms with Gasteiger partial charge >= 0.3 is 0 Å². The summed E-state index contributed by atoms with van der Waals surface area (Å²) in [6.45, 7) is 11.0. The summed E-state index contributed by atoms with van der Waals surface area (Å²) < 4.78 is 38.1. The van der Waals surface area contributed by atoms with Gasteiger partial charge in [0, 0.05) is 31.4 Å². The smallest absolute Gasteiger partial charge is 0.287 e. The number of ether oxygens (including phenoxy) is 1. The lowest BCUT2D eigenvalue weighted by molar-refractivity contribution is -0.00546. The molecule has 0 bridgehead atoms. The molecular formula is C21H30N4O5S. The summed E-state index contributed by atoms with van der Waals surface area (Å²) in [6.07, 6.45) is 2.00. The van der Waals surface area contributed by atoms with Crippen molar-refractivity contribution in [2.75, 3.05) is 18.0 Å². The van der Waals surface area contributed by atoms with E-state index in [-0.39, 0.29) is 29.6 Å². The number of nitrogens with one attached hydrogen (secondary N) is 2. The van der Waals surface area contributed by atoms with Crippen molar-refractivity contribution in [1.82, 2.24) is 15.0 Å². The van der Waals surface area contributed by atoms with Gasteiger partial charge in [0.25, 0.3) is 15.9 Å². The topological polar surface area (TPSA) is 114 Å². The molecule has 1 fully saturated rings. The molecule has 3 rings (SSSR count). The first-order chi connectivity index (χ1) is 14.4. The number of aromatic nitrogens is 1. The molecule has 0 aliphatic carbocycles. The molecule has 2 atom stereocenters. The van der Waals surface area contributed by atoms with Crippen LogP contribution in [-0.2, 0) is 21.3 Å². The number of rotatable bonds is 6. The van der Waals surface area contributed by atoms with Gasteiger partial charge in [0.05, 0.1) is 12.2 Å². The summed E-state index contributed by atoms with van der Waals surface area (Å²) in [5.41, 5.74) is 0.157. The highest BCUT2D eigenvalue weighted by molar-refractivity contribution is 7.89. The van der Waals surface area contributed by atoms with Gasteiger partial charge < -0.3 is 19.4 Å². The van der Waals surface area contributed by atoms with Gasteiger partial charge in [-0.15, -0.1) is 0 Å². The molecule has 3 heterocycles. The van der Waals surface area contributed by atoms with Crippen molar-refractivity contribution < 1.29 is 22.4 Å². The van der Waals surface area contributed by atoms with Crippen molar-refractivity contribution in [2.45, 2.75) is 64.0 Å². The molecule has 10 heteroatoms. The molecule has 1 amide bonds. The summed E-state index contributed by atoms with van der Waals surface area (Å²) in [5.74, 6) is 0.288. The second-order valence-electron chi connectivity index (χ2n) is 8.84. The van der Waals surface area contributed by atoms with Crippen LogP contribution in [0.5, 0.6) is 0 Å². The third kappa shape index (κ3) is 6.28. The van der Waals surface area contributed by atoms with E-state index < -0.39 is 21.5 Å². The average molecular weight is 451 g/mol. The number of sulfonamides is 1. The van der Waals surface area contributed by atoms with E-state index >= 15 is 0 Å². The predicted molar refractivity (Wildman–Crippen MR) is 116 cm³/mol. The van der Waals surface area contributed by atoms with Crippen molar-refractivity contribution >= 4 is 21.7 Å². The van der Waals surface area contributed by atoms with E-state index in [1.54, 1.807) is 27.0 Å². The van der Waals surface area contributed by atoms with Crippen LogP contribution < -0.4 is 14.9 Å². The first-order valence-electron chi connectivity index (χ1n) is 10.2. The second-order valence-corrected chi connectivity index (χ2v) is 10.5. The molecule has 2 aromatic heterocycles. The van der Waals surface area contributed by atoms with Gasteiger partial charge in [0.1, 0.15) is 5.82 Å². The maximum absolute atomic E-state index is 12.4. The summed E-state index contributed by atoms with van der Waals surface area (Å²) >= 11 is 0. The average Bonchev–Trinajstić information content (AvgIpc) is 3.15. The van der Waals surface area contributed by atoms with Gasteiger partial charge in [-0.1, -0.05) is 6.07 Å². The number of anilines is 1. The third-order valence-electron chi connectivity index (χ3n) is 4.52. The Hall–Kier alpha value is -2.43. The summed E-state index contributed by atoms with van der Waals surface area (Å²) in [6, 6.07) is 6.43. The van der Waals surface area contributed by atoms with Crippen molar-refractivity contribution in [2.24, 2.45) is 0 Å². The maximum atomic E-state index is 12.4. The molecule has 9 nitrogen and oxygen atoms in total. The maximum Gasteiger partial charge on any atom is 0.287 e. The molecule has 2 N–H and O–H groups in total. The molecule has 0 spiro atoms. The fraction of sp³-hybridized carbons (Fsp3) is 0.524. The minimum absolute atomic E-state index is 0.0739. The molecule has 0 saturated carbocycles. The predicted octanol–water partition coefficient (Wildman–Crippen LogP) is 2.29. The van der Waals surface area contributed by atoms with Crippen LogP contribution >= 0.6 is 0 Å². The van der Waals surface area contributed by atoms with Crippen LogP contribution in [0.15, 0.2) is 40.0 Å². The van der Waals surface area contributed by atoms with Crippen LogP contribution in [0, 0.1) is 0 Å². The van der Waals surface area contributed by atoms with Gasteiger partial charge in [0.15, 0.2) is 5.76 Å². The number of hydrogen-bond acceptors (Lipinski definition) is 7. The molecule has 0 radical (unpaired) electrons. The standard InChI is InChI=1S/C21H30N4O5S/c1-14-12-25(13-15(2)29-14)18-8-6-16(10-22-18)11-23-20(26)17-7-9-19(30-17)31(27,28)24-21(3,4)5/h6-10,14-15,24H,11-13H2,1-5H3,(H,23,26). The molecule has 170 valence electrons. The van der Waals surface area contributed by atoms with E-state index in [0.29, 0.717) is 0 Å². The van der Waals surface area contributed by atoms with E-state index in [0.717, 1.165) is 24.5 Å². The molecule has 1 aliphatic heterocycles. The van der Waals surface area contributed by atoms with Crippen LogP contribution in [0.4, 0.5) is 5.82 Å². The zero-order valence-electron chi connectivity index (χ0n) is 18.5. The molecule has 2 aromatic rings. The lowest BCUT2D eigenvalue weighted by Crippen LogP contribution is -2.45. The highest BCUT2D eigenvalue weighted by atomic mass is 32.2. The number of hydrogen-bond donors (Lipinski definition) is 2. The Morgan fingerprint density at radius 1 is 1.16 bits per heavy atom. The second kappa shape index (κ2) is 8.97. The highest BCUT2D eigenvalue weighted by Gasteiger charge is 2.26. The molecule has 2 unspecified atom stereocenters. The normalized spacial score (nSPS) is 20.0. The Balaban J connectivity index is 1.58. The first kappa shape index (κ1) is 23.2. The van der Waals surface area contributed by atoms with Gasteiger partial charge in [0.2, 0.25) is 5.09 Å². The molecule has 31 heavy (non-hydrogen) atoms. The van der Waals surface area contributed by atoms with E-state index in [4.69, 9.17) is 9.15 Å². The van der Waals surface area contributed by atoms with E-state index in [9.17, 15) is 13.2 Å². The Morgan fingerprint density at radius 2 is 1.84 bits per heavy atom. The van der Waals surface area contributed by atoms with Crippen molar-refractivity contribution in [3.8, 4) is 0 Å². The summed E-state index contributed by atoms with van der Waals surface area (Å²) in [7, 11) is -3.84. The molecule has 1 aliphatic rings. The molecular weight excluding hydrogens is 420 g/mol. The van der Waals surface area contributed by atoms with Crippen molar-refractivity contribution in [3.05, 3.63) is 41.8 Å². The monoisotopic (exact) mass is 450 g/mol. The lowest BCUT2D eigenvalue weighted by Gasteiger charge is -2.36. The Labute approximate surface area is 183 Å². The number of carbonyl (C=O) groups excluding carboxylic acids is 1. The van der Waals surface area contributed by atoms with Crippen LogP contribution in [0.3, 0.4) is 0 Å². The zero-order valence-corrected chi connectivity index (χ0v) is 19.3. The number of furan rings is 1. The summed E-state index contributed by atoms with van der Waals surface area (Å²) in [5, 5.41) is 2.42. The number of carbonyl (C=O) groups is 1.